The number of carbonyl (C=O) groups is 1. The molecule has 1 aromatic carbocycles. The molecule has 0 aliphatic rings. The molecule has 0 spiro atoms. The number of H-pyrrole nitrogens is 1. The molecule has 2 rings (SSSR count). The van der Waals surface area contributed by atoms with Crippen LogP contribution in [0.5, 0.6) is 0 Å². The first-order valence-corrected chi connectivity index (χ1v) is 4.64. The van der Waals surface area contributed by atoms with Crippen molar-refractivity contribution in [2.75, 3.05) is 0 Å². The highest BCUT2D eigenvalue weighted by atomic mass is 19.1. The molecule has 0 bridgehead atoms. The van der Waals surface area contributed by atoms with Crippen LogP contribution < -0.4 is 0 Å². The van der Waals surface area contributed by atoms with E-state index in [9.17, 15) is 9.18 Å². The largest absolute Gasteiger partial charge is 0.475 e. The fourth-order valence-corrected chi connectivity index (χ4v) is 1.48. The van der Waals surface area contributed by atoms with Gasteiger partial charge >= 0.3 is 5.97 Å². The number of hydrogen-bond acceptors (Lipinski definition) is 2. The number of nitrogens with zero attached hydrogens (tertiary/aromatic N) is 1. The second kappa shape index (κ2) is 3.77. The van der Waals surface area contributed by atoms with Crippen molar-refractivity contribution in [2.45, 2.75) is 6.92 Å². The molecule has 0 atom stereocenters. The Balaban J connectivity index is 2.52. The van der Waals surface area contributed by atoms with Crippen molar-refractivity contribution in [3.63, 3.8) is 0 Å². The molecular formula is C11H9FN2O2. The molecule has 2 aromatic rings. The van der Waals surface area contributed by atoms with Crippen LogP contribution in [0, 0.1) is 12.7 Å². The number of nitrogens with one attached hydrogen (secondary N) is 1. The van der Waals surface area contributed by atoms with Crippen molar-refractivity contribution in [2.24, 2.45) is 0 Å². The van der Waals surface area contributed by atoms with Crippen LogP contribution in [0.4, 0.5) is 4.39 Å². The van der Waals surface area contributed by atoms with Crippen LogP contribution in [0.15, 0.2) is 24.3 Å². The number of carboxylic acids is 1. The summed E-state index contributed by atoms with van der Waals surface area (Å²) in [6.45, 7) is 1.69. The minimum Gasteiger partial charge on any atom is -0.475 e. The highest BCUT2D eigenvalue weighted by Gasteiger charge is 2.13. The summed E-state index contributed by atoms with van der Waals surface area (Å²) in [6, 6.07) is 5.87. The predicted octanol–water partition coefficient (Wildman–Crippen LogP) is 2.22. The fraction of sp³-hybridized carbons (Fsp3) is 0.0909. The van der Waals surface area contributed by atoms with E-state index in [-0.39, 0.29) is 11.6 Å². The first-order valence-electron chi connectivity index (χ1n) is 4.64. The Hall–Kier alpha value is -2.17. The SMILES string of the molecule is Cc1[nH]c(C(=O)O)nc1-c1cccc(F)c1. The van der Waals surface area contributed by atoms with Crippen LogP contribution in [0.3, 0.4) is 0 Å². The Kier molecular flexibility index (Phi) is 2.44. The van der Waals surface area contributed by atoms with Gasteiger partial charge in [0, 0.05) is 11.3 Å². The first-order chi connectivity index (χ1) is 7.58. The number of aryl methyl sites for hydroxylation is 1. The standard InChI is InChI=1S/C11H9FN2O2/c1-6-9(14-10(13-6)11(15)16)7-3-2-4-8(12)5-7/h2-5H,1H3,(H,13,14)(H,15,16). The van der Waals surface area contributed by atoms with E-state index in [0.29, 0.717) is 17.0 Å². The zero-order chi connectivity index (χ0) is 11.7. The average Bonchev–Trinajstić information content (AvgIpc) is 2.60. The zero-order valence-electron chi connectivity index (χ0n) is 8.49. The molecule has 0 aliphatic heterocycles. The monoisotopic (exact) mass is 220 g/mol. The average molecular weight is 220 g/mol. The van der Waals surface area contributed by atoms with E-state index in [0.717, 1.165) is 0 Å². The summed E-state index contributed by atoms with van der Waals surface area (Å²) in [6.07, 6.45) is 0. The molecule has 0 saturated carbocycles. The zero-order valence-corrected chi connectivity index (χ0v) is 8.49. The van der Waals surface area contributed by atoms with Crippen molar-refractivity contribution < 1.29 is 14.3 Å². The summed E-state index contributed by atoms with van der Waals surface area (Å²) in [5.41, 5.74) is 1.61. The second-order valence-electron chi connectivity index (χ2n) is 3.37. The molecule has 0 saturated heterocycles. The third-order valence-corrected chi connectivity index (χ3v) is 2.19. The van der Waals surface area contributed by atoms with Gasteiger partial charge in [0.2, 0.25) is 5.82 Å². The van der Waals surface area contributed by atoms with Gasteiger partial charge < -0.3 is 10.1 Å². The Morgan fingerprint density at radius 3 is 2.81 bits per heavy atom. The molecule has 16 heavy (non-hydrogen) atoms. The van der Waals surface area contributed by atoms with Crippen molar-refractivity contribution in [3.8, 4) is 11.3 Å². The third kappa shape index (κ3) is 1.79. The van der Waals surface area contributed by atoms with Gasteiger partial charge in [-0.2, -0.15) is 0 Å². The van der Waals surface area contributed by atoms with E-state index in [1.807, 2.05) is 0 Å². The summed E-state index contributed by atoms with van der Waals surface area (Å²) in [5, 5.41) is 8.76. The molecule has 0 amide bonds. The third-order valence-electron chi connectivity index (χ3n) is 2.19. The molecule has 82 valence electrons. The van der Waals surface area contributed by atoms with Crippen molar-refractivity contribution >= 4 is 5.97 Å². The van der Waals surface area contributed by atoms with Crippen molar-refractivity contribution in [3.05, 3.63) is 41.6 Å². The summed E-state index contributed by atoms with van der Waals surface area (Å²) in [7, 11) is 0. The smallest absolute Gasteiger partial charge is 0.371 e. The van der Waals surface area contributed by atoms with Gasteiger partial charge in [0.1, 0.15) is 5.82 Å². The normalized spacial score (nSPS) is 10.4. The lowest BCUT2D eigenvalue weighted by atomic mass is 10.1. The molecule has 1 aromatic heterocycles. The number of hydrogen-bond donors (Lipinski definition) is 2. The number of rotatable bonds is 2. The quantitative estimate of drug-likeness (QED) is 0.815. The molecule has 2 N–H and O–H groups in total. The Morgan fingerprint density at radius 1 is 1.50 bits per heavy atom. The van der Waals surface area contributed by atoms with Gasteiger partial charge in [0.15, 0.2) is 0 Å². The number of imidazole rings is 1. The van der Waals surface area contributed by atoms with Gasteiger partial charge in [-0.15, -0.1) is 0 Å². The number of aromatic nitrogens is 2. The van der Waals surface area contributed by atoms with E-state index in [1.54, 1.807) is 19.1 Å². The highest BCUT2D eigenvalue weighted by Crippen LogP contribution is 2.21. The van der Waals surface area contributed by atoms with Gasteiger partial charge in [-0.3, -0.25) is 0 Å². The van der Waals surface area contributed by atoms with Crippen LogP contribution in [-0.4, -0.2) is 21.0 Å². The van der Waals surface area contributed by atoms with Crippen LogP contribution in [0.25, 0.3) is 11.3 Å². The summed E-state index contributed by atoms with van der Waals surface area (Å²) >= 11 is 0. The summed E-state index contributed by atoms with van der Waals surface area (Å²) < 4.78 is 13.0. The summed E-state index contributed by atoms with van der Waals surface area (Å²) in [4.78, 5) is 17.2. The number of aromatic carboxylic acids is 1. The maximum atomic E-state index is 13.0. The van der Waals surface area contributed by atoms with E-state index in [2.05, 4.69) is 9.97 Å². The molecule has 0 unspecified atom stereocenters. The lowest BCUT2D eigenvalue weighted by molar-refractivity contribution is 0.0684. The van der Waals surface area contributed by atoms with Crippen LogP contribution in [-0.2, 0) is 0 Å². The van der Waals surface area contributed by atoms with Crippen LogP contribution >= 0.6 is 0 Å². The molecule has 0 aliphatic carbocycles. The van der Waals surface area contributed by atoms with Crippen LogP contribution in [0.2, 0.25) is 0 Å². The van der Waals surface area contributed by atoms with Crippen molar-refractivity contribution in [1.82, 2.24) is 9.97 Å². The van der Waals surface area contributed by atoms with Crippen LogP contribution in [0.1, 0.15) is 16.3 Å². The maximum Gasteiger partial charge on any atom is 0.371 e. The molecule has 4 nitrogen and oxygen atoms in total. The van der Waals surface area contributed by atoms with Gasteiger partial charge in [0.05, 0.1) is 5.69 Å². The first kappa shape index (κ1) is 10.4. The lowest BCUT2D eigenvalue weighted by Crippen LogP contribution is -1.98. The van der Waals surface area contributed by atoms with E-state index in [1.165, 1.54) is 12.1 Å². The number of halogens is 1. The summed E-state index contributed by atoms with van der Waals surface area (Å²) in [5.74, 6) is -1.65. The van der Waals surface area contributed by atoms with Gasteiger partial charge in [-0.25, -0.2) is 14.2 Å². The Bertz CT molecular complexity index is 549. The highest BCUT2D eigenvalue weighted by molar-refractivity contribution is 5.84. The van der Waals surface area contributed by atoms with Crippen molar-refractivity contribution in [1.29, 1.82) is 0 Å². The molecule has 1 heterocycles. The van der Waals surface area contributed by atoms with E-state index in [4.69, 9.17) is 5.11 Å². The maximum absolute atomic E-state index is 13.0. The van der Waals surface area contributed by atoms with E-state index < -0.39 is 5.97 Å². The Morgan fingerprint density at radius 2 is 2.25 bits per heavy atom. The molecule has 0 fully saturated rings. The number of aromatic amines is 1. The van der Waals surface area contributed by atoms with E-state index >= 15 is 0 Å². The van der Waals surface area contributed by atoms with Gasteiger partial charge in [-0.1, -0.05) is 12.1 Å². The lowest BCUT2D eigenvalue weighted by Gasteiger charge is -1.97. The minimum absolute atomic E-state index is 0.142. The number of benzene rings is 1. The number of carboxylic acid groups (broad SMARTS) is 1. The van der Waals surface area contributed by atoms with Gasteiger partial charge in [0.25, 0.3) is 0 Å². The fourth-order valence-electron chi connectivity index (χ4n) is 1.48. The molecule has 5 heteroatoms. The Labute approximate surface area is 90.8 Å². The molecule has 0 radical (unpaired) electrons. The predicted molar refractivity (Wildman–Crippen MR) is 55.7 cm³/mol. The second-order valence-corrected chi connectivity index (χ2v) is 3.37. The molecular weight excluding hydrogens is 211 g/mol. The topological polar surface area (TPSA) is 66.0 Å². The minimum atomic E-state index is -1.13. The van der Waals surface area contributed by atoms with Gasteiger partial charge in [-0.05, 0) is 19.1 Å².